The van der Waals surface area contributed by atoms with Gasteiger partial charge in [-0.25, -0.2) is 0 Å². The molecule has 3 rings (SSSR count). The van der Waals surface area contributed by atoms with Gasteiger partial charge in [0.15, 0.2) is 0 Å². The Bertz CT molecular complexity index is 769. The fraction of sp³-hybridized carbons (Fsp3) is 0.316. The summed E-state index contributed by atoms with van der Waals surface area (Å²) in [7, 11) is 12.6. The molecule has 0 N–H and O–H groups in total. The fourth-order valence-corrected chi connectivity index (χ4v) is 12.3. The van der Waals surface area contributed by atoms with Gasteiger partial charge in [-0.05, 0) is 0 Å². The van der Waals surface area contributed by atoms with Crippen molar-refractivity contribution in [3.05, 3.63) is 67.7 Å². The first-order chi connectivity index (χ1) is 10.9. The molecule has 0 bridgehead atoms. The SMILES string of the molecule is CC1=[C]([Hf]([Cl])[Cl])C2=CC=CC(=[Si](C)C)C(C)C2=C1C1=CC=CC1. The molecule has 0 heterocycles. The number of allylic oxidation sites excluding steroid dienone is 12. The molecule has 0 fully saturated rings. The van der Waals surface area contributed by atoms with Gasteiger partial charge in [-0.2, -0.15) is 0 Å². The van der Waals surface area contributed by atoms with Crippen LogP contribution in [0.1, 0.15) is 20.3 Å². The molecule has 0 aromatic heterocycles. The fourth-order valence-electron chi connectivity index (χ4n) is 3.86. The van der Waals surface area contributed by atoms with E-state index in [-0.39, 0.29) is 0 Å². The van der Waals surface area contributed by atoms with Crippen molar-refractivity contribution < 1.29 is 19.1 Å². The second kappa shape index (κ2) is 7.07. The summed E-state index contributed by atoms with van der Waals surface area (Å²) < 4.78 is 1.30. The predicted molar refractivity (Wildman–Crippen MR) is 102 cm³/mol. The van der Waals surface area contributed by atoms with Gasteiger partial charge in [0.25, 0.3) is 0 Å². The maximum atomic E-state index is 6.56. The summed E-state index contributed by atoms with van der Waals surface area (Å²) >= 11 is -2.68. The van der Waals surface area contributed by atoms with Crippen molar-refractivity contribution in [3.8, 4) is 0 Å². The Labute approximate surface area is 155 Å². The van der Waals surface area contributed by atoms with Crippen LogP contribution in [0.5, 0.6) is 0 Å². The van der Waals surface area contributed by atoms with Crippen LogP contribution >= 0.6 is 17.2 Å². The Hall–Kier alpha value is -0.0230. The molecular formula is C19H21Cl2HfSi. The zero-order valence-corrected chi connectivity index (χ0v) is 20.1. The van der Waals surface area contributed by atoms with E-state index >= 15 is 0 Å². The predicted octanol–water partition coefficient (Wildman–Crippen LogP) is 6.02. The molecule has 0 amide bonds. The Kier molecular flexibility index (Phi) is 5.47. The van der Waals surface area contributed by atoms with Crippen molar-refractivity contribution in [2.75, 3.05) is 0 Å². The number of hydrogen-bond acceptors (Lipinski definition) is 0. The minimum absolute atomic E-state index is 0.451. The van der Waals surface area contributed by atoms with Gasteiger partial charge in [-0.1, -0.05) is 0 Å². The Morgan fingerprint density at radius 2 is 1.91 bits per heavy atom. The molecule has 0 saturated heterocycles. The zero-order chi connectivity index (χ0) is 16.7. The van der Waals surface area contributed by atoms with E-state index in [4.69, 9.17) is 17.2 Å². The van der Waals surface area contributed by atoms with Gasteiger partial charge < -0.3 is 0 Å². The molecule has 3 aliphatic rings. The Balaban J connectivity index is 2.26. The second-order valence-electron chi connectivity index (χ2n) is 6.49. The molecule has 0 aromatic rings. The van der Waals surface area contributed by atoms with Crippen LogP contribution in [0.3, 0.4) is 0 Å². The Morgan fingerprint density at radius 3 is 2.48 bits per heavy atom. The first-order valence-electron chi connectivity index (χ1n) is 7.99. The summed E-state index contributed by atoms with van der Waals surface area (Å²) in [5.74, 6) is 0.451. The third kappa shape index (κ3) is 3.13. The standard InChI is InChI=1S/C19H21Si.2ClH.Hf/c1-13-12-16-10-7-11-17(20(3)4)14(2)19(16)18(13)15-8-5-6-9-15;;;/h5-8,10-11,14H,9H2,1-4H3;2*1H;/q;;;+2/p-2. The van der Waals surface area contributed by atoms with Gasteiger partial charge >= 0.3 is 157 Å². The first-order valence-corrected chi connectivity index (χ1v) is 21.2. The van der Waals surface area contributed by atoms with Crippen LogP contribution in [0.2, 0.25) is 13.1 Å². The Morgan fingerprint density at radius 1 is 1.17 bits per heavy atom. The van der Waals surface area contributed by atoms with E-state index in [9.17, 15) is 0 Å². The van der Waals surface area contributed by atoms with Gasteiger partial charge in [0.2, 0.25) is 0 Å². The average Bonchev–Trinajstić information content (AvgIpc) is 3.04. The van der Waals surface area contributed by atoms with Crippen molar-refractivity contribution in [2.24, 2.45) is 5.92 Å². The van der Waals surface area contributed by atoms with E-state index in [1.165, 1.54) is 31.2 Å². The van der Waals surface area contributed by atoms with E-state index in [1.54, 1.807) is 5.17 Å². The van der Waals surface area contributed by atoms with Crippen LogP contribution < -0.4 is 0 Å². The van der Waals surface area contributed by atoms with E-state index in [2.05, 4.69) is 63.4 Å². The molecule has 3 aliphatic carbocycles. The van der Waals surface area contributed by atoms with Crippen LogP contribution in [0.25, 0.3) is 0 Å². The van der Waals surface area contributed by atoms with Gasteiger partial charge in [-0.15, -0.1) is 0 Å². The molecule has 23 heavy (non-hydrogen) atoms. The van der Waals surface area contributed by atoms with Crippen molar-refractivity contribution in [3.63, 3.8) is 0 Å². The summed E-state index contributed by atoms with van der Waals surface area (Å²) in [5.41, 5.74) is 7.00. The summed E-state index contributed by atoms with van der Waals surface area (Å²) in [5, 5.41) is 1.59. The van der Waals surface area contributed by atoms with Crippen LogP contribution in [0, 0.1) is 5.92 Å². The third-order valence-electron chi connectivity index (χ3n) is 4.88. The van der Waals surface area contributed by atoms with Gasteiger partial charge in [0.05, 0.1) is 0 Å². The van der Waals surface area contributed by atoms with Crippen LogP contribution in [-0.2, 0) is 19.1 Å². The zero-order valence-electron chi connectivity index (χ0n) is 14.0. The molecule has 0 nitrogen and oxygen atoms in total. The molecule has 0 aliphatic heterocycles. The van der Waals surface area contributed by atoms with Crippen LogP contribution in [0.4, 0.5) is 0 Å². The third-order valence-corrected chi connectivity index (χ3v) is 13.4. The normalized spacial score (nSPS) is 23.2. The van der Waals surface area contributed by atoms with E-state index in [0.29, 0.717) is 5.92 Å². The maximum absolute atomic E-state index is 6.56. The quantitative estimate of drug-likeness (QED) is 0.386. The van der Waals surface area contributed by atoms with Crippen molar-refractivity contribution in [1.82, 2.24) is 0 Å². The molecular weight excluding hydrogens is 506 g/mol. The minimum atomic E-state index is -2.68. The summed E-state index contributed by atoms with van der Waals surface area (Å²) in [4.78, 5) is 0. The van der Waals surface area contributed by atoms with Crippen molar-refractivity contribution >= 4 is 30.7 Å². The molecule has 119 valence electrons. The molecule has 0 saturated carbocycles. The van der Waals surface area contributed by atoms with E-state index in [0.717, 1.165) is 6.42 Å². The molecule has 0 spiro atoms. The number of hydrogen-bond donors (Lipinski definition) is 0. The van der Waals surface area contributed by atoms with Crippen LogP contribution in [0.15, 0.2) is 67.7 Å². The summed E-state index contributed by atoms with van der Waals surface area (Å²) in [6.45, 7) is 9.34. The number of halogens is 2. The average molecular weight is 527 g/mol. The molecule has 0 aromatic carbocycles. The van der Waals surface area contributed by atoms with Crippen molar-refractivity contribution in [2.45, 2.75) is 33.4 Å². The molecule has 0 radical (unpaired) electrons. The monoisotopic (exact) mass is 527 g/mol. The number of rotatable bonds is 2. The van der Waals surface area contributed by atoms with Gasteiger partial charge in [-0.3, -0.25) is 0 Å². The van der Waals surface area contributed by atoms with Crippen LogP contribution in [-0.4, -0.2) is 13.6 Å². The summed E-state index contributed by atoms with van der Waals surface area (Å²) in [6, 6.07) is 0. The van der Waals surface area contributed by atoms with E-state index in [1.807, 2.05) is 0 Å². The molecule has 4 heteroatoms. The molecule has 1 atom stereocenters. The first kappa shape index (κ1) is 17.8. The van der Waals surface area contributed by atoms with Gasteiger partial charge in [0, 0.05) is 0 Å². The number of fused-ring (bicyclic) bond motifs is 1. The second-order valence-corrected chi connectivity index (χ2v) is 20.5. The summed E-state index contributed by atoms with van der Waals surface area (Å²) in [6.07, 6.45) is 14.5. The van der Waals surface area contributed by atoms with E-state index < -0.39 is 27.5 Å². The topological polar surface area (TPSA) is 0 Å². The van der Waals surface area contributed by atoms with Gasteiger partial charge in [0.1, 0.15) is 0 Å². The van der Waals surface area contributed by atoms with Crippen molar-refractivity contribution in [1.29, 1.82) is 0 Å². The molecule has 1 unspecified atom stereocenters.